The predicted molar refractivity (Wildman–Crippen MR) is 463 cm³/mol. The highest BCUT2D eigenvalue weighted by molar-refractivity contribution is 5.92. The molecule has 15 rings (SSSR count). The number of fused-ring (bicyclic) bond motifs is 5. The van der Waals surface area contributed by atoms with E-state index >= 15 is 0 Å². The number of H-pyrrole nitrogens is 5. The number of hydrogen-bond donors (Lipinski definition) is 5. The number of amides is 5. The van der Waals surface area contributed by atoms with Crippen LogP contribution in [0.25, 0.3) is 79.4 Å². The summed E-state index contributed by atoms with van der Waals surface area (Å²) in [5.41, 5.74) is -0.476. The molecule has 0 aromatic carbocycles. The summed E-state index contributed by atoms with van der Waals surface area (Å²) in [7, 11) is 0.784. The zero-order valence-corrected chi connectivity index (χ0v) is 62.7. The molecule has 5 N–H and O–H groups in total. The topological polar surface area (TPSA) is 347 Å². The number of likely N-dealkylation sites (N-methyl/N-ethyl adjacent to an activating group) is 5. The van der Waals surface area contributed by atoms with Crippen LogP contribution in [0.5, 0.6) is 0 Å². The summed E-state index contributed by atoms with van der Waals surface area (Å²) in [5.74, 6) is -31.1. The van der Waals surface area contributed by atoms with Crippen molar-refractivity contribution in [3.8, 4) is 0 Å². The molecule has 5 amide bonds. The largest absolute Gasteiger partial charge is 0.354 e. The van der Waals surface area contributed by atoms with Crippen LogP contribution >= 0.6 is 0 Å². The smallest absolute Gasteiger partial charge is 0.302 e. The van der Waals surface area contributed by atoms with Crippen LogP contribution in [0.15, 0.2) is 61.7 Å². The van der Waals surface area contributed by atoms with Crippen LogP contribution in [0.1, 0.15) is 198 Å². The number of aromatic amines is 5. The Kier molecular flexibility index (Phi) is 10.7. The first kappa shape index (κ1) is 32.6. The molecule has 5 saturated heterocycles. The second kappa shape index (κ2) is 39.4. The molecule has 5 fully saturated rings. The summed E-state index contributed by atoms with van der Waals surface area (Å²) in [6.07, 6.45) is -23.0. The molecule has 5 aliphatic rings. The number of likely N-dealkylation sites (tertiary alicyclic amines) is 5. The maximum absolute atomic E-state index is 13.1. The zero-order valence-electron chi connectivity index (χ0n) is 138. The van der Waals surface area contributed by atoms with Gasteiger partial charge in [0, 0.05) is 189 Å². The van der Waals surface area contributed by atoms with E-state index in [9.17, 15) is 25.3 Å². The highest BCUT2D eigenvalue weighted by Gasteiger charge is 2.39. The van der Waals surface area contributed by atoms with Gasteiger partial charge in [-0.25, -0.2) is 82.7 Å². The summed E-state index contributed by atoms with van der Waals surface area (Å²) >= 11 is 0. The van der Waals surface area contributed by atoms with Crippen LogP contribution in [-0.2, 0) is 24.0 Å². The van der Waals surface area contributed by atoms with Crippen molar-refractivity contribution >= 4 is 114 Å². The molecule has 0 saturated carbocycles. The normalized spacial score (nSPS) is 40.1. The molecule has 0 radical (unpaired) electrons. The van der Waals surface area contributed by atoms with Gasteiger partial charge >= 0.3 is 29.5 Å². The van der Waals surface area contributed by atoms with Gasteiger partial charge in [0.25, 0.3) is 32.5 Å². The lowest BCUT2D eigenvalue weighted by atomic mass is 9.92. The number of hydrogen-bond acceptors (Lipinski definition) is 20. The molecule has 0 spiro atoms. The van der Waals surface area contributed by atoms with Gasteiger partial charge < -0.3 is 98.1 Å². The van der Waals surface area contributed by atoms with Crippen molar-refractivity contribution in [2.75, 3.05) is 157 Å². The van der Waals surface area contributed by atoms with Gasteiger partial charge in [0.05, 0.1) is 79.0 Å². The average Bonchev–Trinajstić information content (AvgIpc) is 1.22. The van der Waals surface area contributed by atoms with Crippen molar-refractivity contribution < 1.29 is 127 Å². The molecule has 10 aromatic heterocycles. The second-order valence-corrected chi connectivity index (χ2v) is 24.2. The van der Waals surface area contributed by atoms with Crippen molar-refractivity contribution in [1.82, 2.24) is 99.3 Å². The van der Waals surface area contributed by atoms with E-state index in [0.29, 0.717) is 16.7 Å². The van der Waals surface area contributed by atoms with Crippen LogP contribution in [-0.4, -0.2) is 291 Å². The number of nitrogens with zero attached hydrogens (tertiary/aromatic N) is 25. The fourth-order valence-corrected chi connectivity index (χ4v) is 10.7. The third kappa shape index (κ3) is 20.2. The first-order chi connectivity index (χ1) is 86.6. The van der Waals surface area contributed by atoms with Gasteiger partial charge in [-0.15, -0.1) is 0 Å². The molecule has 35 nitrogen and oxygen atoms in total. The number of aromatic nitrogens is 15. The first-order valence-electron chi connectivity index (χ1n) is 70.9. The van der Waals surface area contributed by atoms with Gasteiger partial charge in [-0.05, 0) is 126 Å². The number of anilines is 5. The summed E-state index contributed by atoms with van der Waals surface area (Å²) in [5, 5.41) is -1.79. The Morgan fingerprint density at radius 1 is 0.392 bits per heavy atom. The van der Waals surface area contributed by atoms with E-state index in [1.54, 1.807) is 0 Å². The molecule has 15 heterocycles. The Bertz CT molecular complexity index is 9280. The maximum atomic E-state index is 13.1. The van der Waals surface area contributed by atoms with Gasteiger partial charge in [-0.2, -0.15) is 0 Å². The molecule has 120 heavy (non-hydrogen) atoms. The molecule has 0 bridgehead atoms. The standard InChI is InChI=1S/5C17H22N6O/c5*1-11-5-6-23(15(24)8-18-3)9-14(11)22(4)17-13-7-12(2)21-16(13)19-10-20-17/h5*7,10-11,14H,5-6,8-9H2,1-2,4H3,(H,19,20,21)/t5*11-,14+/m11111/s1/i1D3,5D2,6D2,7D,8D2,9D2,10D,11D,14D;1D3,4D3,5D2,6D2,7D,8D2,9D2,10D,11D;4D3,5D2,6D2,7D,8D2,9D2,10D,11D;1D3,4D3,5D2,6D2,7D,8D2,9D2,10D;4D3,5D2,6D2,7D,8D2,9D2,10D. The molecule has 5 aliphatic heterocycles. The molecule has 0 aliphatic carbocycles. The number of rotatable bonds is 15. The highest BCUT2D eigenvalue weighted by Crippen LogP contribution is 2.36. The molecular formula is C85H110N30O5. The number of aryl methyl sites for hydroxylation is 5. The number of carbonyl (C=O) groups excluding carboxylic acids is 5. The van der Waals surface area contributed by atoms with E-state index in [0.717, 1.165) is 14.0 Å². The predicted octanol–water partition coefficient (Wildman–Crippen LogP) is 9.29. The van der Waals surface area contributed by atoms with Crippen LogP contribution in [0.3, 0.4) is 0 Å². The van der Waals surface area contributed by atoms with E-state index in [4.69, 9.17) is 134 Å². The van der Waals surface area contributed by atoms with Crippen LogP contribution in [0.2, 0.25) is 0 Å². The van der Waals surface area contributed by atoms with Crippen LogP contribution in [0.4, 0.5) is 29.1 Å². The Morgan fingerprint density at radius 2 is 0.650 bits per heavy atom. The fraction of sp³-hybridized carbons (Fsp3) is 0.529. The summed E-state index contributed by atoms with van der Waals surface area (Å²) in [4.78, 5) is 126. The third-order valence-corrected chi connectivity index (χ3v) is 16.0. The summed E-state index contributed by atoms with van der Waals surface area (Å²) in [6.45, 7) is -39.2. The number of piperidine rings is 5. The molecule has 35 heteroatoms. The minimum Gasteiger partial charge on any atom is -0.354 e. The van der Waals surface area contributed by atoms with E-state index in [2.05, 4.69) is 99.0 Å². The maximum Gasteiger partial charge on any atom is 0.302 e. The molecule has 10 atom stereocenters. The van der Waals surface area contributed by atoms with Crippen LogP contribution in [0, 0.1) is 97.0 Å². The highest BCUT2D eigenvalue weighted by atomic mass is 16.2. The van der Waals surface area contributed by atoms with Gasteiger partial charge in [-0.3, -0.25) is 24.0 Å². The lowest BCUT2D eigenvalue weighted by molar-refractivity contribution is -0.131. The Hall–Kier alpha value is -13.1. The minimum atomic E-state index is -4.20. The van der Waals surface area contributed by atoms with E-state index in [1.807, 2.05) is 0 Å². The number of nitrogens with one attached hydrogen (secondary N) is 5. The van der Waals surface area contributed by atoms with Crippen molar-refractivity contribution in [2.24, 2.45) is 29.5 Å². The van der Waals surface area contributed by atoms with Gasteiger partial charge in [-0.1, -0.05) is 34.4 Å². The Morgan fingerprint density at radius 3 is 0.958 bits per heavy atom. The molecule has 630 valence electrons. The van der Waals surface area contributed by atoms with Crippen molar-refractivity contribution in [3.05, 3.63) is 147 Å². The van der Waals surface area contributed by atoms with Gasteiger partial charge in [0.2, 0.25) is 0 Å². The summed E-state index contributed by atoms with van der Waals surface area (Å²) in [6, 6.07) is -16.9. The first-order valence-corrected chi connectivity index (χ1v) is 33.4. The van der Waals surface area contributed by atoms with Gasteiger partial charge in [0.1, 0.15) is 109 Å². The Balaban J connectivity index is 0.000000225. The van der Waals surface area contributed by atoms with E-state index in [1.165, 1.54) is 34.6 Å². The Labute approximate surface area is 805 Å². The minimum absolute atomic E-state index is 0.0157. The summed E-state index contributed by atoms with van der Waals surface area (Å²) < 4.78 is 619. The SMILES string of the molecule is [2H]c1nc(N(C)[C@@]2([2H])C([2H])([2H])N(C(=O)C([2H])([2H])[N+]#[C-])C([2H])([2H])C([2H])([2H])[C@@]2([2H])C([2H])([2H])[2H])c2c([2H])c(C)[nH]c2n1.[2H]c1nc(N([C@@H]2[C@H](C([2H])([2H])[2H])C([2H])([2H])C([2H])([2H])N(C(=O)C([2H])([2H])[N+]#[C-])C2([2H])[2H])C([2H])([2H])[2H])c2c([2H])c(C)[nH]c2n1.[2H]c1nc(N([C@@H]2[C@H](C)C([2H])([2H])C([2H])([2H])N(C(=O)C([2H])([2H])[N+]#[C-])C2([2H])[2H])C([2H])([2H])[2H])c2c([2H])c(C)[nH]c2n1.[2H]c1nc(N([C@H]2C([2H])([2H])N(C(=O)C([2H])([2H])[N+]#[C-])C([2H])([2H])C([2H])([2H])[C@@]2([2H])C([2H])([2H])[2H])C([2H])([2H])[2H])c2c([2H])c(C)[nH]c2n1.[2H]c1nc(N([C@H]2C([2H])([2H])N(C(=O)C([2H])([2H])[N+]#[C-])C([2H])([2H])C([2H])([2H])[C@@]2([2H])C)C([2H])([2H])[2H])c2c([2H])c(C)[nH]c2n1. The molecular weight excluding hydrogens is 1520 g/mol. The van der Waals surface area contributed by atoms with Crippen molar-refractivity contribution in [2.45, 2.75) is 131 Å². The lowest BCUT2D eigenvalue weighted by Crippen LogP contribution is -2.53. The van der Waals surface area contributed by atoms with Gasteiger partial charge in [0.15, 0.2) is 0 Å². The van der Waals surface area contributed by atoms with E-state index in [-0.39, 0.29) is 106 Å². The lowest BCUT2D eigenvalue weighted by Gasteiger charge is -2.41. The van der Waals surface area contributed by atoms with E-state index < -0.39 is 375 Å². The van der Waals surface area contributed by atoms with Crippen molar-refractivity contribution in [1.29, 1.82) is 0 Å². The van der Waals surface area contributed by atoms with Crippen LogP contribution < -0.4 is 24.5 Å². The number of carbonyl (C=O) groups is 5. The average molecular weight is 1710 g/mol. The zero-order chi connectivity index (χ0) is 152. The third-order valence-electron chi connectivity index (χ3n) is 16.0. The second-order valence-electron chi connectivity index (χ2n) is 24.2. The monoisotopic (exact) mass is 1710 g/mol. The van der Waals surface area contributed by atoms with Crippen molar-refractivity contribution in [3.63, 3.8) is 0 Å². The molecule has 0 unspecified atom stereocenters. The molecule has 10 aromatic rings. The fourth-order valence-electron chi connectivity index (χ4n) is 10.7. The quantitative estimate of drug-likeness (QED) is 0.0597.